The smallest absolute Gasteiger partial charge is 0.0408 e. The summed E-state index contributed by atoms with van der Waals surface area (Å²) in [5, 5.41) is 4.32. The van der Waals surface area contributed by atoms with Gasteiger partial charge in [-0.15, -0.1) is 0 Å². The summed E-state index contributed by atoms with van der Waals surface area (Å²) in [5.74, 6) is 1.17. The van der Waals surface area contributed by atoms with Gasteiger partial charge in [0.05, 0.1) is 0 Å². The lowest BCUT2D eigenvalue weighted by Gasteiger charge is -2.22. The highest BCUT2D eigenvalue weighted by molar-refractivity contribution is 6.30. The van der Waals surface area contributed by atoms with E-state index >= 15 is 0 Å². The molecule has 0 amide bonds. The lowest BCUT2D eigenvalue weighted by molar-refractivity contribution is 0.462. The average molecular weight is 240 g/mol. The summed E-state index contributed by atoms with van der Waals surface area (Å²) >= 11 is 6.03. The average Bonchev–Trinajstić information content (AvgIpc) is 2.24. The summed E-state index contributed by atoms with van der Waals surface area (Å²) in [7, 11) is 0. The lowest BCUT2D eigenvalue weighted by Crippen LogP contribution is -2.25. The van der Waals surface area contributed by atoms with Crippen molar-refractivity contribution >= 4 is 11.6 Å². The van der Waals surface area contributed by atoms with Crippen LogP contribution in [0.2, 0.25) is 5.02 Å². The molecule has 0 aromatic heterocycles. The first-order chi connectivity index (χ1) is 7.65. The van der Waals surface area contributed by atoms with E-state index in [1.54, 1.807) is 0 Å². The Bertz CT molecular complexity index is 309. The molecule has 0 spiro atoms. The van der Waals surface area contributed by atoms with Crippen LogP contribution in [0.25, 0.3) is 0 Å². The quantitative estimate of drug-likeness (QED) is 0.738. The maximum absolute atomic E-state index is 6.03. The van der Waals surface area contributed by atoms with Crippen molar-refractivity contribution in [3.63, 3.8) is 0 Å². The zero-order valence-corrected chi connectivity index (χ0v) is 11.2. The largest absolute Gasteiger partial charge is 0.316 e. The fourth-order valence-corrected chi connectivity index (χ4v) is 2.11. The van der Waals surface area contributed by atoms with E-state index in [4.69, 9.17) is 11.6 Å². The van der Waals surface area contributed by atoms with Crippen molar-refractivity contribution in [2.45, 2.75) is 33.1 Å². The Morgan fingerprint density at radius 1 is 1.31 bits per heavy atom. The van der Waals surface area contributed by atoms with Crippen LogP contribution in [0.1, 0.15) is 38.7 Å². The van der Waals surface area contributed by atoms with Gasteiger partial charge in [-0.2, -0.15) is 0 Å². The minimum atomic E-state index is 0.547. The van der Waals surface area contributed by atoms with Crippen molar-refractivity contribution in [3.05, 3.63) is 34.9 Å². The van der Waals surface area contributed by atoms with Gasteiger partial charge in [0.1, 0.15) is 0 Å². The number of hydrogen-bond acceptors (Lipinski definition) is 1. The Labute approximate surface area is 104 Å². The van der Waals surface area contributed by atoms with E-state index in [0.717, 1.165) is 18.1 Å². The third kappa shape index (κ3) is 4.15. The van der Waals surface area contributed by atoms with Crippen molar-refractivity contribution < 1.29 is 0 Å². The topological polar surface area (TPSA) is 12.0 Å². The van der Waals surface area contributed by atoms with Crippen LogP contribution >= 0.6 is 11.6 Å². The summed E-state index contributed by atoms with van der Waals surface area (Å²) in [4.78, 5) is 0. The second-order valence-electron chi connectivity index (χ2n) is 4.61. The minimum Gasteiger partial charge on any atom is -0.316 e. The zero-order chi connectivity index (χ0) is 12.0. The fraction of sp³-hybridized carbons (Fsp3) is 0.571. The highest BCUT2D eigenvalue weighted by Crippen LogP contribution is 2.25. The third-order valence-corrected chi connectivity index (χ3v) is 3.11. The molecule has 0 heterocycles. The van der Waals surface area contributed by atoms with Gasteiger partial charge in [-0.1, -0.05) is 44.5 Å². The molecular formula is C14H22ClN. The molecule has 0 aliphatic carbocycles. The van der Waals surface area contributed by atoms with Gasteiger partial charge < -0.3 is 5.32 Å². The normalized spacial score (nSPS) is 13.1. The number of nitrogens with one attached hydrogen (secondary N) is 1. The molecule has 0 radical (unpaired) electrons. The van der Waals surface area contributed by atoms with Crippen molar-refractivity contribution in [2.75, 3.05) is 13.1 Å². The maximum Gasteiger partial charge on any atom is 0.0408 e. The van der Waals surface area contributed by atoms with Gasteiger partial charge in [-0.05, 0) is 42.5 Å². The molecular weight excluding hydrogens is 218 g/mol. The van der Waals surface area contributed by atoms with E-state index in [9.17, 15) is 0 Å². The Kier molecular flexibility index (Phi) is 5.86. The molecule has 1 atom stereocenters. The van der Waals surface area contributed by atoms with Gasteiger partial charge in [0.2, 0.25) is 0 Å². The van der Waals surface area contributed by atoms with Crippen molar-refractivity contribution in [2.24, 2.45) is 5.92 Å². The first-order valence-corrected chi connectivity index (χ1v) is 6.49. The molecule has 0 saturated carbocycles. The molecule has 2 heteroatoms. The number of hydrogen-bond donors (Lipinski definition) is 1. The monoisotopic (exact) mass is 239 g/mol. The summed E-state index contributed by atoms with van der Waals surface area (Å²) in [6.45, 7) is 8.84. The number of halogens is 1. The van der Waals surface area contributed by atoms with Crippen molar-refractivity contribution in [3.8, 4) is 0 Å². The van der Waals surface area contributed by atoms with Crippen LogP contribution in [0.3, 0.4) is 0 Å². The van der Waals surface area contributed by atoms with Gasteiger partial charge in [-0.25, -0.2) is 0 Å². The van der Waals surface area contributed by atoms with E-state index in [2.05, 4.69) is 38.2 Å². The van der Waals surface area contributed by atoms with Gasteiger partial charge in [0, 0.05) is 11.6 Å². The predicted molar refractivity (Wildman–Crippen MR) is 72.2 cm³/mol. The van der Waals surface area contributed by atoms with Crippen LogP contribution in [0, 0.1) is 5.92 Å². The molecule has 1 nitrogen and oxygen atoms in total. The van der Waals surface area contributed by atoms with Crippen LogP contribution in [0.4, 0.5) is 0 Å². The molecule has 0 aliphatic rings. The van der Waals surface area contributed by atoms with Crippen molar-refractivity contribution in [1.82, 2.24) is 5.32 Å². The second-order valence-corrected chi connectivity index (χ2v) is 5.05. The van der Waals surface area contributed by atoms with Gasteiger partial charge in [-0.3, -0.25) is 0 Å². The Morgan fingerprint density at radius 3 is 2.62 bits per heavy atom. The molecule has 1 aromatic carbocycles. The van der Waals surface area contributed by atoms with Crippen LogP contribution in [0.15, 0.2) is 24.3 Å². The van der Waals surface area contributed by atoms with Crippen molar-refractivity contribution in [1.29, 1.82) is 0 Å². The first-order valence-electron chi connectivity index (χ1n) is 6.11. The van der Waals surface area contributed by atoms with E-state index in [0.29, 0.717) is 11.8 Å². The van der Waals surface area contributed by atoms with Crippen LogP contribution in [-0.4, -0.2) is 13.1 Å². The van der Waals surface area contributed by atoms with E-state index in [1.165, 1.54) is 12.0 Å². The van der Waals surface area contributed by atoms with E-state index < -0.39 is 0 Å². The molecule has 1 N–H and O–H groups in total. The molecule has 16 heavy (non-hydrogen) atoms. The third-order valence-electron chi connectivity index (χ3n) is 2.87. The number of benzene rings is 1. The number of rotatable bonds is 6. The highest BCUT2D eigenvalue weighted by atomic mass is 35.5. The summed E-state index contributed by atoms with van der Waals surface area (Å²) < 4.78 is 0. The van der Waals surface area contributed by atoms with Gasteiger partial charge >= 0.3 is 0 Å². The van der Waals surface area contributed by atoms with Gasteiger partial charge in [0.25, 0.3) is 0 Å². The summed E-state index contributed by atoms with van der Waals surface area (Å²) in [6, 6.07) is 8.22. The van der Waals surface area contributed by atoms with Crippen LogP contribution in [0.5, 0.6) is 0 Å². The Hall–Kier alpha value is -0.530. The molecule has 1 rings (SSSR count). The summed E-state index contributed by atoms with van der Waals surface area (Å²) in [6.07, 6.45) is 1.18. The Morgan fingerprint density at radius 2 is 2.06 bits per heavy atom. The van der Waals surface area contributed by atoms with Crippen LogP contribution in [-0.2, 0) is 0 Å². The molecule has 0 aliphatic heterocycles. The maximum atomic E-state index is 6.03. The fourth-order valence-electron chi connectivity index (χ4n) is 1.91. The molecule has 0 saturated heterocycles. The molecule has 0 fully saturated rings. The minimum absolute atomic E-state index is 0.547. The molecule has 0 bridgehead atoms. The Balaban J connectivity index is 2.69. The van der Waals surface area contributed by atoms with E-state index in [1.807, 2.05) is 12.1 Å². The van der Waals surface area contributed by atoms with Crippen LogP contribution < -0.4 is 5.32 Å². The SMILES string of the molecule is CCCNCC(c1cccc(Cl)c1)C(C)C. The molecule has 1 aromatic rings. The first kappa shape index (κ1) is 13.5. The zero-order valence-electron chi connectivity index (χ0n) is 10.5. The van der Waals surface area contributed by atoms with Gasteiger partial charge in [0.15, 0.2) is 0 Å². The summed E-state index contributed by atoms with van der Waals surface area (Å²) in [5.41, 5.74) is 1.34. The van der Waals surface area contributed by atoms with E-state index in [-0.39, 0.29) is 0 Å². The lowest BCUT2D eigenvalue weighted by atomic mass is 9.88. The molecule has 90 valence electrons. The highest BCUT2D eigenvalue weighted by Gasteiger charge is 2.15. The second kappa shape index (κ2) is 6.93. The molecule has 1 unspecified atom stereocenters. The standard InChI is InChI=1S/C14H22ClN/c1-4-8-16-10-14(11(2)3)12-6-5-7-13(15)9-12/h5-7,9,11,14,16H,4,8,10H2,1-3H3. The predicted octanol–water partition coefficient (Wildman–Crippen LogP) is 4.08.